The van der Waals surface area contributed by atoms with Crippen LogP contribution in [0.25, 0.3) is 11.4 Å². The monoisotopic (exact) mass is 288 g/mol. The van der Waals surface area contributed by atoms with Crippen molar-refractivity contribution in [2.24, 2.45) is 0 Å². The highest BCUT2D eigenvalue weighted by Crippen LogP contribution is 2.36. The lowest BCUT2D eigenvalue weighted by Crippen LogP contribution is -2.29. The third-order valence-electron chi connectivity index (χ3n) is 3.72. The van der Waals surface area contributed by atoms with Crippen molar-refractivity contribution in [1.82, 2.24) is 19.3 Å². The van der Waals surface area contributed by atoms with Gasteiger partial charge in [0, 0.05) is 24.0 Å². The molecule has 3 heterocycles. The summed E-state index contributed by atoms with van der Waals surface area (Å²) in [6.45, 7) is 1.46. The van der Waals surface area contributed by atoms with Crippen molar-refractivity contribution in [3.63, 3.8) is 0 Å². The zero-order valence-electron chi connectivity index (χ0n) is 11.5. The van der Waals surface area contributed by atoms with Gasteiger partial charge in [0.2, 0.25) is 0 Å². The maximum Gasteiger partial charge on any atom is 0.346 e. The van der Waals surface area contributed by atoms with Gasteiger partial charge in [-0.3, -0.25) is 9.55 Å². The molecule has 0 unspecified atom stereocenters. The van der Waals surface area contributed by atoms with Crippen molar-refractivity contribution < 1.29 is 9.47 Å². The molecule has 1 saturated heterocycles. The highest BCUT2D eigenvalue weighted by molar-refractivity contribution is 5.53. The van der Waals surface area contributed by atoms with Crippen molar-refractivity contribution in [1.29, 1.82) is 0 Å². The molecule has 7 nitrogen and oxygen atoms in total. The van der Waals surface area contributed by atoms with Gasteiger partial charge in [0.15, 0.2) is 12.1 Å². The molecule has 0 amide bonds. The molecule has 1 aliphatic carbocycles. The second kappa shape index (κ2) is 5.09. The summed E-state index contributed by atoms with van der Waals surface area (Å²) in [5.74, 6) is 0.675. The fourth-order valence-corrected chi connectivity index (χ4v) is 2.55. The van der Waals surface area contributed by atoms with E-state index in [-0.39, 0.29) is 18.0 Å². The Morgan fingerprint density at radius 1 is 1.29 bits per heavy atom. The fraction of sp³-hybridized carbons (Fsp3) is 0.500. The molecule has 0 aromatic carbocycles. The molecule has 2 fully saturated rings. The van der Waals surface area contributed by atoms with Crippen LogP contribution >= 0.6 is 0 Å². The lowest BCUT2D eigenvalue weighted by molar-refractivity contribution is -0.0552. The molecule has 1 saturated carbocycles. The van der Waals surface area contributed by atoms with Gasteiger partial charge in [0.25, 0.3) is 0 Å². The normalized spacial score (nSPS) is 19.2. The quantitative estimate of drug-likeness (QED) is 0.832. The van der Waals surface area contributed by atoms with E-state index in [4.69, 9.17) is 9.47 Å². The lowest BCUT2D eigenvalue weighted by Gasteiger charge is -2.06. The summed E-state index contributed by atoms with van der Waals surface area (Å²) in [5.41, 5.74) is 0.754. The predicted octanol–water partition coefficient (Wildman–Crippen LogP) is 0.815. The number of aromatic nitrogens is 4. The third kappa shape index (κ3) is 2.38. The minimum atomic E-state index is -0.382. The first-order valence-corrected chi connectivity index (χ1v) is 7.16. The van der Waals surface area contributed by atoms with Crippen molar-refractivity contribution in [2.75, 3.05) is 13.2 Å². The molecule has 7 heteroatoms. The molecule has 1 aliphatic heterocycles. The smallest absolute Gasteiger partial charge is 0.346 e. The van der Waals surface area contributed by atoms with Gasteiger partial charge < -0.3 is 9.47 Å². The zero-order valence-corrected chi connectivity index (χ0v) is 11.5. The number of nitrogens with zero attached hydrogens (tertiary/aromatic N) is 4. The Morgan fingerprint density at radius 2 is 2.10 bits per heavy atom. The first kappa shape index (κ1) is 12.7. The summed E-state index contributed by atoms with van der Waals surface area (Å²) in [6, 6.07) is 4.02. The lowest BCUT2D eigenvalue weighted by atomic mass is 10.3. The molecule has 4 rings (SSSR count). The number of ether oxygens (including phenoxy) is 2. The number of pyridine rings is 1. The van der Waals surface area contributed by atoms with Crippen LogP contribution in [0.1, 0.15) is 18.9 Å². The van der Waals surface area contributed by atoms with Crippen molar-refractivity contribution in [2.45, 2.75) is 31.7 Å². The average molecular weight is 288 g/mol. The van der Waals surface area contributed by atoms with E-state index in [0.717, 1.165) is 18.4 Å². The SMILES string of the molecule is O=c1n(CC2OCCO2)nc(-c2cccnc2)n1C1CC1. The Balaban J connectivity index is 1.73. The van der Waals surface area contributed by atoms with Crippen LogP contribution in [0.5, 0.6) is 0 Å². The predicted molar refractivity (Wildman–Crippen MR) is 73.7 cm³/mol. The second-order valence-electron chi connectivity index (χ2n) is 5.30. The molecule has 2 aromatic rings. The zero-order chi connectivity index (χ0) is 14.2. The Morgan fingerprint density at radius 3 is 2.76 bits per heavy atom. The molecular weight excluding hydrogens is 272 g/mol. The van der Waals surface area contributed by atoms with E-state index >= 15 is 0 Å². The van der Waals surface area contributed by atoms with E-state index in [1.54, 1.807) is 17.0 Å². The Bertz CT molecular complexity index is 684. The van der Waals surface area contributed by atoms with Gasteiger partial charge in [-0.15, -0.1) is 5.10 Å². The van der Waals surface area contributed by atoms with E-state index < -0.39 is 0 Å². The maximum absolute atomic E-state index is 12.6. The highest BCUT2D eigenvalue weighted by Gasteiger charge is 2.31. The van der Waals surface area contributed by atoms with E-state index in [1.165, 1.54) is 4.68 Å². The summed E-state index contributed by atoms with van der Waals surface area (Å²) in [6.07, 6.45) is 5.10. The maximum atomic E-state index is 12.6. The average Bonchev–Trinajstić information content (AvgIpc) is 3.12. The molecule has 2 aliphatic rings. The van der Waals surface area contributed by atoms with Crippen LogP contribution in [0, 0.1) is 0 Å². The Hall–Kier alpha value is -1.99. The summed E-state index contributed by atoms with van der Waals surface area (Å²) in [5, 5.41) is 4.47. The first-order valence-electron chi connectivity index (χ1n) is 7.16. The molecule has 0 N–H and O–H groups in total. The van der Waals surface area contributed by atoms with Crippen LogP contribution < -0.4 is 5.69 Å². The molecular formula is C14H16N4O3. The first-order chi connectivity index (χ1) is 10.3. The fourth-order valence-electron chi connectivity index (χ4n) is 2.55. The van der Waals surface area contributed by atoms with Gasteiger partial charge in [-0.1, -0.05) is 0 Å². The van der Waals surface area contributed by atoms with Crippen LogP contribution in [-0.4, -0.2) is 38.8 Å². The minimum Gasteiger partial charge on any atom is -0.348 e. The van der Waals surface area contributed by atoms with Gasteiger partial charge in [0.1, 0.15) is 0 Å². The van der Waals surface area contributed by atoms with Crippen LogP contribution in [0.3, 0.4) is 0 Å². The summed E-state index contributed by atoms with van der Waals surface area (Å²) >= 11 is 0. The van der Waals surface area contributed by atoms with E-state index in [2.05, 4.69) is 10.1 Å². The molecule has 110 valence electrons. The van der Waals surface area contributed by atoms with Gasteiger partial charge in [-0.05, 0) is 25.0 Å². The largest absolute Gasteiger partial charge is 0.348 e. The van der Waals surface area contributed by atoms with E-state index in [9.17, 15) is 4.79 Å². The molecule has 0 atom stereocenters. The van der Waals surface area contributed by atoms with Gasteiger partial charge in [0.05, 0.1) is 19.8 Å². The number of rotatable bonds is 4. The van der Waals surface area contributed by atoms with Gasteiger partial charge in [-0.25, -0.2) is 9.48 Å². The van der Waals surface area contributed by atoms with Gasteiger partial charge in [-0.2, -0.15) is 0 Å². The standard InChI is InChI=1S/C14H16N4O3/c19-14-17(9-12-20-6-7-21-12)16-13(18(14)11-3-4-11)10-2-1-5-15-8-10/h1-2,5,8,11-12H,3-4,6-7,9H2. The molecule has 21 heavy (non-hydrogen) atoms. The third-order valence-corrected chi connectivity index (χ3v) is 3.72. The highest BCUT2D eigenvalue weighted by atomic mass is 16.7. The summed E-state index contributed by atoms with van der Waals surface area (Å²) < 4.78 is 14.0. The number of hydrogen-bond acceptors (Lipinski definition) is 5. The second-order valence-corrected chi connectivity index (χ2v) is 5.30. The van der Waals surface area contributed by atoms with Crippen LogP contribution in [-0.2, 0) is 16.0 Å². The van der Waals surface area contributed by atoms with Gasteiger partial charge >= 0.3 is 5.69 Å². The molecule has 0 spiro atoms. The summed E-state index contributed by atoms with van der Waals surface area (Å²) in [7, 11) is 0. The van der Waals surface area contributed by atoms with Crippen LogP contribution in [0.2, 0.25) is 0 Å². The Kier molecular flexibility index (Phi) is 3.08. The number of hydrogen-bond donors (Lipinski definition) is 0. The molecule has 2 aromatic heterocycles. The Labute approximate surface area is 121 Å². The van der Waals surface area contributed by atoms with Crippen molar-refractivity contribution >= 4 is 0 Å². The van der Waals surface area contributed by atoms with E-state index in [0.29, 0.717) is 25.6 Å². The van der Waals surface area contributed by atoms with Crippen LogP contribution in [0.4, 0.5) is 0 Å². The minimum absolute atomic E-state index is 0.101. The van der Waals surface area contributed by atoms with Crippen molar-refractivity contribution in [3.05, 3.63) is 35.0 Å². The topological polar surface area (TPSA) is 71.2 Å². The van der Waals surface area contributed by atoms with Crippen molar-refractivity contribution in [3.8, 4) is 11.4 Å². The van der Waals surface area contributed by atoms with Crippen LogP contribution in [0.15, 0.2) is 29.3 Å². The van der Waals surface area contributed by atoms with E-state index in [1.807, 2.05) is 12.1 Å². The summed E-state index contributed by atoms with van der Waals surface area (Å²) in [4.78, 5) is 16.7. The molecule has 0 radical (unpaired) electrons. The molecule has 0 bridgehead atoms.